The van der Waals surface area contributed by atoms with Gasteiger partial charge in [-0.25, -0.2) is 0 Å². The van der Waals surface area contributed by atoms with E-state index in [0.29, 0.717) is 13.1 Å². The lowest BCUT2D eigenvalue weighted by Crippen LogP contribution is -2.32. The molecule has 0 aliphatic carbocycles. The highest BCUT2D eigenvalue weighted by Gasteiger charge is 2.16. The summed E-state index contributed by atoms with van der Waals surface area (Å²) in [5.74, 6) is 0.167. The van der Waals surface area contributed by atoms with Crippen molar-refractivity contribution in [2.45, 2.75) is 19.9 Å². The number of hydrogen-bond donors (Lipinski definition) is 2. The van der Waals surface area contributed by atoms with Crippen LogP contribution in [-0.2, 0) is 11.3 Å². The van der Waals surface area contributed by atoms with Crippen molar-refractivity contribution in [3.05, 3.63) is 24.0 Å². The minimum atomic E-state index is 0.0129. The molecular formula is C11H19N3O. The molecule has 0 aliphatic rings. The summed E-state index contributed by atoms with van der Waals surface area (Å²) in [5.41, 5.74) is 6.54. The number of aromatic nitrogens is 1. The van der Waals surface area contributed by atoms with Crippen LogP contribution in [0.4, 0.5) is 0 Å². The van der Waals surface area contributed by atoms with E-state index in [9.17, 15) is 4.79 Å². The lowest BCUT2D eigenvalue weighted by molar-refractivity contribution is -0.134. The summed E-state index contributed by atoms with van der Waals surface area (Å²) in [6, 6.07) is 1.97. The predicted molar refractivity (Wildman–Crippen MR) is 60.1 cm³/mol. The summed E-state index contributed by atoms with van der Waals surface area (Å²) in [6.07, 6.45) is 4.50. The molecule has 0 saturated heterocycles. The number of nitrogens with one attached hydrogen (secondary N) is 1. The highest BCUT2D eigenvalue weighted by Crippen LogP contribution is 2.08. The third-order valence-electron chi connectivity index (χ3n) is 2.48. The van der Waals surface area contributed by atoms with Crippen LogP contribution in [-0.4, -0.2) is 29.4 Å². The molecule has 15 heavy (non-hydrogen) atoms. The average Bonchev–Trinajstić information content (AvgIpc) is 2.69. The van der Waals surface area contributed by atoms with E-state index in [4.69, 9.17) is 5.73 Å². The molecule has 1 atom stereocenters. The van der Waals surface area contributed by atoms with Gasteiger partial charge in [-0.3, -0.25) is 4.79 Å². The normalized spacial score (nSPS) is 12.5. The van der Waals surface area contributed by atoms with Crippen molar-refractivity contribution in [1.29, 1.82) is 0 Å². The molecule has 1 aromatic heterocycles. The van der Waals surface area contributed by atoms with Crippen molar-refractivity contribution >= 4 is 5.91 Å². The van der Waals surface area contributed by atoms with E-state index >= 15 is 0 Å². The van der Waals surface area contributed by atoms with E-state index in [-0.39, 0.29) is 11.8 Å². The second kappa shape index (κ2) is 5.56. The van der Waals surface area contributed by atoms with Crippen molar-refractivity contribution in [3.63, 3.8) is 0 Å². The standard InChI is InChI=1S/C11H19N3O/c1-9(3-5-12)11(15)14(2)8-10-4-6-13-7-10/h4,6-7,9,13H,3,5,8,12H2,1-2H3. The van der Waals surface area contributed by atoms with Crippen LogP contribution < -0.4 is 5.73 Å². The van der Waals surface area contributed by atoms with Gasteiger partial charge in [0.2, 0.25) is 5.91 Å². The minimum absolute atomic E-state index is 0.0129. The summed E-state index contributed by atoms with van der Waals surface area (Å²) in [6.45, 7) is 3.13. The minimum Gasteiger partial charge on any atom is -0.367 e. The molecule has 0 spiro atoms. The lowest BCUT2D eigenvalue weighted by atomic mass is 10.1. The fourth-order valence-electron chi connectivity index (χ4n) is 1.56. The molecule has 0 radical (unpaired) electrons. The zero-order valence-corrected chi connectivity index (χ0v) is 9.36. The zero-order valence-electron chi connectivity index (χ0n) is 9.36. The van der Waals surface area contributed by atoms with Crippen LogP contribution >= 0.6 is 0 Å². The summed E-state index contributed by atoms with van der Waals surface area (Å²) >= 11 is 0. The SMILES string of the molecule is CC(CCN)C(=O)N(C)Cc1cc[nH]c1. The number of hydrogen-bond acceptors (Lipinski definition) is 2. The quantitative estimate of drug-likeness (QED) is 0.758. The Morgan fingerprint density at radius 1 is 1.67 bits per heavy atom. The molecule has 0 aliphatic heterocycles. The second-order valence-corrected chi connectivity index (χ2v) is 3.89. The van der Waals surface area contributed by atoms with Gasteiger partial charge in [0.05, 0.1) is 0 Å². The molecule has 84 valence electrons. The van der Waals surface area contributed by atoms with Gasteiger partial charge in [0.1, 0.15) is 0 Å². The van der Waals surface area contributed by atoms with Crippen LogP contribution in [0.15, 0.2) is 18.5 Å². The maximum absolute atomic E-state index is 11.8. The topological polar surface area (TPSA) is 62.1 Å². The van der Waals surface area contributed by atoms with E-state index in [1.807, 2.05) is 32.4 Å². The summed E-state index contributed by atoms with van der Waals surface area (Å²) in [5, 5.41) is 0. The van der Waals surface area contributed by atoms with Crippen molar-refractivity contribution in [2.75, 3.05) is 13.6 Å². The Kier molecular flexibility index (Phi) is 4.37. The van der Waals surface area contributed by atoms with Crippen LogP contribution in [0.1, 0.15) is 18.9 Å². The van der Waals surface area contributed by atoms with Crippen LogP contribution in [0.2, 0.25) is 0 Å². The molecule has 0 saturated carbocycles. The van der Waals surface area contributed by atoms with Gasteiger partial charge < -0.3 is 15.6 Å². The van der Waals surface area contributed by atoms with Gasteiger partial charge in [0, 0.05) is 31.9 Å². The lowest BCUT2D eigenvalue weighted by Gasteiger charge is -2.20. The first-order valence-corrected chi connectivity index (χ1v) is 5.22. The van der Waals surface area contributed by atoms with Crippen LogP contribution in [0.3, 0.4) is 0 Å². The van der Waals surface area contributed by atoms with Crippen LogP contribution in [0.25, 0.3) is 0 Å². The smallest absolute Gasteiger partial charge is 0.225 e. The first-order valence-electron chi connectivity index (χ1n) is 5.22. The fourth-order valence-corrected chi connectivity index (χ4v) is 1.56. The number of nitrogens with two attached hydrogens (primary N) is 1. The fraction of sp³-hybridized carbons (Fsp3) is 0.545. The predicted octanol–water partition coefficient (Wildman–Crippen LogP) is 0.958. The second-order valence-electron chi connectivity index (χ2n) is 3.89. The number of rotatable bonds is 5. The Morgan fingerprint density at radius 3 is 2.93 bits per heavy atom. The van der Waals surface area contributed by atoms with Crippen molar-refractivity contribution in [3.8, 4) is 0 Å². The van der Waals surface area contributed by atoms with Crippen molar-refractivity contribution < 1.29 is 4.79 Å². The van der Waals surface area contributed by atoms with Gasteiger partial charge in [-0.05, 0) is 24.6 Å². The van der Waals surface area contributed by atoms with Gasteiger partial charge in [0.25, 0.3) is 0 Å². The molecule has 1 amide bonds. The maximum atomic E-state index is 11.8. The molecule has 1 rings (SSSR count). The number of carbonyl (C=O) groups excluding carboxylic acids is 1. The van der Waals surface area contributed by atoms with Crippen molar-refractivity contribution in [1.82, 2.24) is 9.88 Å². The van der Waals surface area contributed by atoms with E-state index in [2.05, 4.69) is 4.98 Å². The molecule has 0 fully saturated rings. The molecule has 1 heterocycles. The summed E-state index contributed by atoms with van der Waals surface area (Å²) in [4.78, 5) is 16.5. The monoisotopic (exact) mass is 209 g/mol. The first-order chi connectivity index (χ1) is 7.15. The summed E-state index contributed by atoms with van der Waals surface area (Å²) < 4.78 is 0. The van der Waals surface area contributed by atoms with E-state index in [1.54, 1.807) is 4.90 Å². The van der Waals surface area contributed by atoms with Gasteiger partial charge in [-0.15, -0.1) is 0 Å². The molecule has 3 N–H and O–H groups in total. The molecule has 4 nitrogen and oxygen atoms in total. The summed E-state index contributed by atoms with van der Waals surface area (Å²) in [7, 11) is 1.82. The molecule has 1 aromatic rings. The van der Waals surface area contributed by atoms with Gasteiger partial charge >= 0.3 is 0 Å². The Labute approximate surface area is 90.5 Å². The molecule has 0 bridgehead atoms. The van der Waals surface area contributed by atoms with Crippen LogP contribution in [0, 0.1) is 5.92 Å². The molecule has 4 heteroatoms. The highest BCUT2D eigenvalue weighted by atomic mass is 16.2. The van der Waals surface area contributed by atoms with Gasteiger partial charge in [-0.1, -0.05) is 6.92 Å². The Morgan fingerprint density at radius 2 is 2.40 bits per heavy atom. The van der Waals surface area contributed by atoms with E-state index < -0.39 is 0 Å². The van der Waals surface area contributed by atoms with Gasteiger partial charge in [0.15, 0.2) is 0 Å². The Balaban J connectivity index is 2.46. The van der Waals surface area contributed by atoms with E-state index in [1.165, 1.54) is 0 Å². The third kappa shape index (κ3) is 3.40. The average molecular weight is 209 g/mol. The Hall–Kier alpha value is -1.29. The number of aromatic amines is 1. The van der Waals surface area contributed by atoms with E-state index in [0.717, 1.165) is 12.0 Å². The number of H-pyrrole nitrogens is 1. The Bertz CT molecular complexity index is 295. The van der Waals surface area contributed by atoms with Crippen molar-refractivity contribution in [2.24, 2.45) is 11.7 Å². The molecule has 1 unspecified atom stereocenters. The zero-order chi connectivity index (χ0) is 11.3. The number of carbonyl (C=O) groups is 1. The number of amides is 1. The number of nitrogens with zero attached hydrogens (tertiary/aromatic N) is 1. The largest absolute Gasteiger partial charge is 0.367 e. The highest BCUT2D eigenvalue weighted by molar-refractivity contribution is 5.78. The first kappa shape index (κ1) is 11.8. The van der Waals surface area contributed by atoms with Crippen LogP contribution in [0.5, 0.6) is 0 Å². The van der Waals surface area contributed by atoms with Gasteiger partial charge in [-0.2, -0.15) is 0 Å². The molecule has 0 aromatic carbocycles. The molecular weight excluding hydrogens is 190 g/mol. The third-order valence-corrected chi connectivity index (χ3v) is 2.48. The maximum Gasteiger partial charge on any atom is 0.225 e.